The first-order chi connectivity index (χ1) is 12.5. The lowest BCUT2D eigenvalue weighted by molar-refractivity contribution is -0.121. The van der Waals surface area contributed by atoms with Crippen molar-refractivity contribution < 1.29 is 17.6 Å². The van der Waals surface area contributed by atoms with Gasteiger partial charge in [-0.15, -0.1) is 0 Å². The van der Waals surface area contributed by atoms with E-state index in [1.807, 2.05) is 24.3 Å². The van der Waals surface area contributed by atoms with E-state index >= 15 is 0 Å². The van der Waals surface area contributed by atoms with E-state index in [2.05, 4.69) is 10.5 Å². The van der Waals surface area contributed by atoms with E-state index in [-0.39, 0.29) is 11.4 Å². The molecular weight excluding hydrogens is 354 g/mol. The van der Waals surface area contributed by atoms with Gasteiger partial charge < -0.3 is 4.42 Å². The molecule has 1 amide bonds. The van der Waals surface area contributed by atoms with Crippen LogP contribution >= 0.6 is 0 Å². The van der Waals surface area contributed by atoms with Crippen LogP contribution in [0.4, 0.5) is 0 Å². The summed E-state index contributed by atoms with van der Waals surface area (Å²) < 4.78 is 31.3. The maximum Gasteiger partial charge on any atom is 0.255 e. The quantitative estimate of drug-likeness (QED) is 0.531. The molecule has 3 rings (SSSR count). The molecule has 0 spiro atoms. The predicted molar refractivity (Wildman–Crippen MR) is 98.2 cm³/mol. The van der Waals surface area contributed by atoms with Crippen molar-refractivity contribution in [3.05, 3.63) is 66.6 Å². The highest BCUT2D eigenvalue weighted by atomic mass is 32.2. The minimum Gasteiger partial charge on any atom is -0.463 e. The molecule has 1 heterocycles. The molecule has 0 bridgehead atoms. The highest BCUT2D eigenvalue weighted by molar-refractivity contribution is 7.89. The molecule has 1 aromatic heterocycles. The van der Waals surface area contributed by atoms with Gasteiger partial charge >= 0.3 is 0 Å². The Morgan fingerprint density at radius 2 is 1.92 bits per heavy atom. The van der Waals surface area contributed by atoms with Crippen LogP contribution in [0.15, 0.2) is 75.3 Å². The number of nitrogens with one attached hydrogen (secondary N) is 1. The molecule has 0 aliphatic heterocycles. The van der Waals surface area contributed by atoms with Crippen molar-refractivity contribution in [3.8, 4) is 0 Å². The first-order valence-corrected chi connectivity index (χ1v) is 9.21. The number of carbonyl (C=O) groups excluding carboxylic acids is 1. The molecule has 8 heteroatoms. The molecule has 0 unspecified atom stereocenters. The van der Waals surface area contributed by atoms with Gasteiger partial charge in [0.2, 0.25) is 10.0 Å². The van der Waals surface area contributed by atoms with Gasteiger partial charge in [0.15, 0.2) is 0 Å². The normalized spacial score (nSPS) is 12.1. The Hall–Kier alpha value is -2.97. The van der Waals surface area contributed by atoms with Crippen molar-refractivity contribution in [1.29, 1.82) is 0 Å². The molecule has 0 saturated heterocycles. The third kappa shape index (κ3) is 3.98. The third-order valence-electron chi connectivity index (χ3n) is 3.72. The largest absolute Gasteiger partial charge is 0.463 e. The van der Waals surface area contributed by atoms with Crippen LogP contribution in [0.25, 0.3) is 10.8 Å². The average Bonchev–Trinajstić information content (AvgIpc) is 3.14. The summed E-state index contributed by atoms with van der Waals surface area (Å²) in [7, 11) is -2.44. The number of sulfonamides is 1. The summed E-state index contributed by atoms with van der Waals surface area (Å²) in [5.74, 6) is -0.0814. The monoisotopic (exact) mass is 371 g/mol. The fraction of sp³-hybridized carbons (Fsp3) is 0.111. The van der Waals surface area contributed by atoms with E-state index in [4.69, 9.17) is 4.42 Å². The summed E-state index contributed by atoms with van der Waals surface area (Å²) in [6, 6.07) is 15.7. The first-order valence-electron chi connectivity index (χ1n) is 7.77. The average molecular weight is 371 g/mol. The summed E-state index contributed by atoms with van der Waals surface area (Å²) in [5, 5.41) is 5.48. The molecule has 1 N–H and O–H groups in total. The number of amides is 1. The molecule has 0 radical (unpaired) electrons. The minimum absolute atomic E-state index is 0.130. The van der Waals surface area contributed by atoms with Gasteiger partial charge in [-0.25, -0.2) is 13.8 Å². The summed E-state index contributed by atoms with van der Waals surface area (Å²) in [4.78, 5) is 12.0. The fourth-order valence-electron chi connectivity index (χ4n) is 2.36. The number of hydrogen-bond donors (Lipinski definition) is 1. The molecule has 0 aliphatic rings. The second-order valence-corrected chi connectivity index (χ2v) is 7.62. The van der Waals surface area contributed by atoms with Gasteiger partial charge in [0.05, 0.1) is 23.9 Å². The Bertz CT molecular complexity index is 1040. The van der Waals surface area contributed by atoms with Crippen LogP contribution in [-0.4, -0.2) is 38.4 Å². The van der Waals surface area contributed by atoms with Gasteiger partial charge in [-0.3, -0.25) is 4.79 Å². The molecular formula is C18H17N3O4S. The van der Waals surface area contributed by atoms with Gasteiger partial charge in [-0.05, 0) is 35.0 Å². The van der Waals surface area contributed by atoms with E-state index in [0.717, 1.165) is 15.1 Å². The van der Waals surface area contributed by atoms with E-state index < -0.39 is 15.9 Å². The van der Waals surface area contributed by atoms with Crippen LogP contribution in [-0.2, 0) is 14.8 Å². The highest BCUT2D eigenvalue weighted by Crippen LogP contribution is 2.21. The number of nitrogens with zero attached hydrogens (tertiary/aromatic N) is 2. The summed E-state index contributed by atoms with van der Waals surface area (Å²) in [5.41, 5.74) is 2.27. The fourth-order valence-corrected chi connectivity index (χ4v) is 3.53. The summed E-state index contributed by atoms with van der Waals surface area (Å²) in [6.45, 7) is -0.356. The molecule has 2 aromatic carbocycles. The Labute approximate surface area is 151 Å². The molecule has 0 saturated carbocycles. The first kappa shape index (κ1) is 17.8. The van der Waals surface area contributed by atoms with Gasteiger partial charge in [0.1, 0.15) is 5.76 Å². The molecule has 134 valence electrons. The van der Waals surface area contributed by atoms with Crippen molar-refractivity contribution in [2.45, 2.75) is 4.90 Å². The Morgan fingerprint density at radius 3 is 2.65 bits per heavy atom. The number of likely N-dealkylation sites (N-methyl/N-ethyl adjacent to an activating group) is 1. The predicted octanol–water partition coefficient (Wildman–Crippen LogP) is 2.20. The minimum atomic E-state index is -3.79. The van der Waals surface area contributed by atoms with Gasteiger partial charge in [0.25, 0.3) is 5.91 Å². The zero-order valence-corrected chi connectivity index (χ0v) is 14.8. The second kappa shape index (κ2) is 7.51. The molecule has 3 aromatic rings. The molecule has 0 atom stereocenters. The molecule has 7 nitrogen and oxygen atoms in total. The van der Waals surface area contributed by atoms with Crippen molar-refractivity contribution in [2.24, 2.45) is 5.10 Å². The smallest absolute Gasteiger partial charge is 0.255 e. The van der Waals surface area contributed by atoms with Gasteiger partial charge in [-0.2, -0.15) is 9.41 Å². The van der Waals surface area contributed by atoms with E-state index in [1.165, 1.54) is 25.6 Å². The van der Waals surface area contributed by atoms with Crippen molar-refractivity contribution >= 4 is 32.9 Å². The maximum absolute atomic E-state index is 12.7. The molecule has 0 fully saturated rings. The Kier molecular flexibility index (Phi) is 5.15. The number of hydrazone groups is 1. The third-order valence-corrected chi connectivity index (χ3v) is 5.52. The van der Waals surface area contributed by atoms with E-state index in [1.54, 1.807) is 24.3 Å². The van der Waals surface area contributed by atoms with E-state index in [0.29, 0.717) is 5.76 Å². The van der Waals surface area contributed by atoms with Crippen LogP contribution in [0.5, 0.6) is 0 Å². The van der Waals surface area contributed by atoms with Crippen LogP contribution in [0.1, 0.15) is 5.76 Å². The lowest BCUT2D eigenvalue weighted by atomic mass is 10.1. The Balaban J connectivity index is 1.68. The van der Waals surface area contributed by atoms with Crippen LogP contribution < -0.4 is 5.43 Å². The maximum atomic E-state index is 12.7. The SMILES string of the molecule is CN(CC(=O)N/N=C/c1ccco1)S(=O)(=O)c1ccc2ccccc2c1. The van der Waals surface area contributed by atoms with Crippen LogP contribution in [0.2, 0.25) is 0 Å². The molecule has 0 aliphatic carbocycles. The Morgan fingerprint density at radius 1 is 1.15 bits per heavy atom. The van der Waals surface area contributed by atoms with Crippen molar-refractivity contribution in [2.75, 3.05) is 13.6 Å². The lowest BCUT2D eigenvalue weighted by Crippen LogP contribution is -2.36. The standard InChI is InChI=1S/C18H17N3O4S/c1-21(13-18(22)20-19-12-16-7-4-10-25-16)26(23,24)17-9-8-14-5-2-3-6-15(14)11-17/h2-12H,13H2,1H3,(H,20,22)/b19-12+. The highest BCUT2D eigenvalue weighted by Gasteiger charge is 2.23. The zero-order valence-electron chi connectivity index (χ0n) is 14.0. The number of rotatable bonds is 6. The number of hydrogen-bond acceptors (Lipinski definition) is 5. The van der Waals surface area contributed by atoms with Crippen LogP contribution in [0.3, 0.4) is 0 Å². The van der Waals surface area contributed by atoms with Gasteiger partial charge in [-0.1, -0.05) is 30.3 Å². The zero-order chi connectivity index (χ0) is 18.6. The summed E-state index contributed by atoms with van der Waals surface area (Å²) in [6.07, 6.45) is 2.81. The van der Waals surface area contributed by atoms with E-state index in [9.17, 15) is 13.2 Å². The van der Waals surface area contributed by atoms with Crippen molar-refractivity contribution in [3.63, 3.8) is 0 Å². The molecule has 26 heavy (non-hydrogen) atoms. The summed E-state index contributed by atoms with van der Waals surface area (Å²) >= 11 is 0. The van der Waals surface area contributed by atoms with Crippen LogP contribution in [0, 0.1) is 0 Å². The number of benzene rings is 2. The number of furan rings is 1. The number of fused-ring (bicyclic) bond motifs is 1. The second-order valence-electron chi connectivity index (χ2n) is 5.58. The number of carbonyl (C=O) groups is 1. The topological polar surface area (TPSA) is 92.0 Å². The van der Waals surface area contributed by atoms with Crippen molar-refractivity contribution in [1.82, 2.24) is 9.73 Å². The lowest BCUT2D eigenvalue weighted by Gasteiger charge is -2.16. The van der Waals surface area contributed by atoms with Gasteiger partial charge in [0, 0.05) is 7.05 Å².